The van der Waals surface area contributed by atoms with Gasteiger partial charge in [-0.15, -0.1) is 0 Å². The van der Waals surface area contributed by atoms with Crippen LogP contribution in [-0.2, 0) is 4.79 Å². The molecule has 184 valence electrons. The molecule has 0 radical (unpaired) electrons. The fraction of sp³-hybridized carbons (Fsp3) is 0.273. The number of hydrogen-bond donors (Lipinski definition) is 1. The first-order chi connectivity index (χ1) is 15.7. The molecule has 0 aliphatic carbocycles. The number of carboxylic acids is 1. The number of aliphatic carboxylic acids is 1. The molecule has 2 aromatic rings. The maximum Gasteiger partial charge on any atom is 0.431 e. The first-order valence-electron chi connectivity index (χ1n) is 9.51. The van der Waals surface area contributed by atoms with Crippen molar-refractivity contribution in [1.29, 1.82) is 0 Å². The van der Waals surface area contributed by atoms with E-state index in [0.29, 0.717) is 5.56 Å². The highest BCUT2D eigenvalue weighted by Crippen LogP contribution is 2.48. The summed E-state index contributed by atoms with van der Waals surface area (Å²) in [7, 11) is 0. The Balaban J connectivity index is 1.89. The van der Waals surface area contributed by atoms with Gasteiger partial charge in [-0.2, -0.15) is 26.3 Å². The summed E-state index contributed by atoms with van der Waals surface area (Å²) in [5.74, 6) is -1.68. The standard InChI is InChI=1S/C22H17F7O5/c23-20(21(24,25)26,22(27,28)29)12-1-13-33-16-9-5-15(6-10-16)19(32)34-17-7-2-14(3-8-17)4-11-18(30)31/h2-11H,1,12-13H2,(H,30,31). The normalized spacial score (nSPS) is 12.6. The third-order valence-electron chi connectivity index (χ3n) is 4.43. The van der Waals surface area contributed by atoms with Crippen LogP contribution in [0.15, 0.2) is 54.6 Å². The zero-order chi connectivity index (χ0) is 25.6. The molecule has 0 fully saturated rings. The Morgan fingerprint density at radius 2 is 1.35 bits per heavy atom. The lowest BCUT2D eigenvalue weighted by Gasteiger charge is -2.29. The quantitative estimate of drug-likeness (QED) is 0.152. The monoisotopic (exact) mass is 494 g/mol. The number of carbonyl (C=O) groups is 2. The lowest BCUT2D eigenvalue weighted by Crippen LogP contribution is -2.53. The van der Waals surface area contributed by atoms with Crippen molar-refractivity contribution in [3.8, 4) is 11.5 Å². The third kappa shape index (κ3) is 6.96. The molecule has 0 unspecified atom stereocenters. The number of carbonyl (C=O) groups excluding carboxylic acids is 1. The highest BCUT2D eigenvalue weighted by Gasteiger charge is 2.71. The highest BCUT2D eigenvalue weighted by atomic mass is 19.4. The van der Waals surface area contributed by atoms with Crippen molar-refractivity contribution in [2.75, 3.05) is 6.61 Å². The molecule has 0 amide bonds. The molecule has 0 saturated heterocycles. The average Bonchev–Trinajstić information content (AvgIpc) is 2.74. The van der Waals surface area contributed by atoms with Crippen molar-refractivity contribution in [2.24, 2.45) is 0 Å². The smallest absolute Gasteiger partial charge is 0.431 e. The SMILES string of the molecule is O=C(O)C=Cc1ccc(OC(=O)c2ccc(OCCCC(F)(C(F)(F)F)C(F)(F)F)cc2)cc1. The van der Waals surface area contributed by atoms with Crippen molar-refractivity contribution < 1.29 is 54.9 Å². The largest absolute Gasteiger partial charge is 0.494 e. The van der Waals surface area contributed by atoms with Crippen molar-refractivity contribution in [3.05, 3.63) is 65.7 Å². The molecule has 0 bridgehead atoms. The van der Waals surface area contributed by atoms with Crippen LogP contribution < -0.4 is 9.47 Å². The minimum Gasteiger partial charge on any atom is -0.494 e. The molecule has 0 aliphatic heterocycles. The molecule has 0 atom stereocenters. The molecule has 0 heterocycles. The van der Waals surface area contributed by atoms with Crippen LogP contribution in [-0.4, -0.2) is 41.7 Å². The molecule has 0 saturated carbocycles. The number of benzene rings is 2. The van der Waals surface area contributed by atoms with E-state index in [0.717, 1.165) is 6.08 Å². The Labute approximate surface area is 188 Å². The Kier molecular flexibility index (Phi) is 8.30. The lowest BCUT2D eigenvalue weighted by atomic mass is 9.98. The summed E-state index contributed by atoms with van der Waals surface area (Å²) in [6, 6.07) is 10.9. The minimum absolute atomic E-state index is 0.0367. The molecule has 0 spiro atoms. The zero-order valence-electron chi connectivity index (χ0n) is 17.1. The number of halogens is 7. The number of hydrogen-bond acceptors (Lipinski definition) is 4. The van der Waals surface area contributed by atoms with Crippen molar-refractivity contribution >= 4 is 18.0 Å². The van der Waals surface area contributed by atoms with Gasteiger partial charge in [0.05, 0.1) is 12.2 Å². The molecule has 12 heteroatoms. The summed E-state index contributed by atoms with van der Waals surface area (Å²) in [5, 5.41) is 8.58. The van der Waals surface area contributed by atoms with Gasteiger partial charge in [0.2, 0.25) is 0 Å². The fourth-order valence-electron chi connectivity index (χ4n) is 2.62. The van der Waals surface area contributed by atoms with Gasteiger partial charge in [-0.05, 0) is 54.5 Å². The number of ether oxygens (including phenoxy) is 2. The Bertz CT molecular complexity index is 996. The molecule has 0 aliphatic rings. The van der Waals surface area contributed by atoms with Crippen LogP contribution in [0.5, 0.6) is 11.5 Å². The van der Waals surface area contributed by atoms with Gasteiger partial charge in [0, 0.05) is 12.5 Å². The van der Waals surface area contributed by atoms with Gasteiger partial charge in [0.15, 0.2) is 0 Å². The number of esters is 1. The van der Waals surface area contributed by atoms with E-state index in [1.54, 1.807) is 0 Å². The maximum atomic E-state index is 13.6. The summed E-state index contributed by atoms with van der Waals surface area (Å²) in [6.07, 6.45) is -12.7. The molecular formula is C22H17F7O5. The molecule has 0 aromatic heterocycles. The van der Waals surface area contributed by atoms with Crippen LogP contribution in [0.2, 0.25) is 0 Å². The Morgan fingerprint density at radius 1 is 0.824 bits per heavy atom. The van der Waals surface area contributed by atoms with Crippen LogP contribution in [0.3, 0.4) is 0 Å². The fourth-order valence-corrected chi connectivity index (χ4v) is 2.62. The average molecular weight is 494 g/mol. The second-order valence-electron chi connectivity index (χ2n) is 6.90. The van der Waals surface area contributed by atoms with E-state index >= 15 is 0 Å². The summed E-state index contributed by atoms with van der Waals surface area (Å²) in [6.45, 7) is -0.621. The van der Waals surface area contributed by atoms with E-state index in [9.17, 15) is 40.3 Å². The van der Waals surface area contributed by atoms with Gasteiger partial charge >= 0.3 is 24.3 Å². The van der Waals surface area contributed by atoms with Gasteiger partial charge in [0.25, 0.3) is 5.67 Å². The number of rotatable bonds is 9. The predicted molar refractivity (Wildman–Crippen MR) is 105 cm³/mol. The Morgan fingerprint density at radius 3 is 1.85 bits per heavy atom. The second-order valence-corrected chi connectivity index (χ2v) is 6.90. The van der Waals surface area contributed by atoms with Gasteiger partial charge in [-0.1, -0.05) is 12.1 Å². The summed E-state index contributed by atoms with van der Waals surface area (Å²) >= 11 is 0. The van der Waals surface area contributed by atoms with Crippen LogP contribution in [0.4, 0.5) is 30.7 Å². The van der Waals surface area contributed by atoms with Gasteiger partial charge in [-0.3, -0.25) is 0 Å². The zero-order valence-corrected chi connectivity index (χ0v) is 17.1. The molecule has 1 N–H and O–H groups in total. The van der Waals surface area contributed by atoms with Crippen LogP contribution in [0.1, 0.15) is 28.8 Å². The van der Waals surface area contributed by atoms with Crippen molar-refractivity contribution in [1.82, 2.24) is 0 Å². The van der Waals surface area contributed by atoms with E-state index in [1.165, 1.54) is 54.6 Å². The van der Waals surface area contributed by atoms with Crippen molar-refractivity contribution in [3.63, 3.8) is 0 Å². The number of alkyl halides is 7. The highest BCUT2D eigenvalue weighted by molar-refractivity contribution is 5.91. The lowest BCUT2D eigenvalue weighted by molar-refractivity contribution is -0.343. The van der Waals surface area contributed by atoms with Crippen molar-refractivity contribution in [2.45, 2.75) is 30.9 Å². The van der Waals surface area contributed by atoms with Gasteiger partial charge in [-0.25, -0.2) is 14.0 Å². The summed E-state index contributed by atoms with van der Waals surface area (Å²) < 4.78 is 98.8. The molecule has 5 nitrogen and oxygen atoms in total. The Hall–Kier alpha value is -3.57. The van der Waals surface area contributed by atoms with E-state index < -0.39 is 49.4 Å². The molecule has 2 aromatic carbocycles. The molecule has 2 rings (SSSR count). The summed E-state index contributed by atoms with van der Waals surface area (Å²) in [5.41, 5.74) is -4.71. The van der Waals surface area contributed by atoms with E-state index in [2.05, 4.69) is 0 Å². The van der Waals surface area contributed by atoms with Gasteiger partial charge < -0.3 is 14.6 Å². The van der Waals surface area contributed by atoms with E-state index in [1.807, 2.05) is 0 Å². The van der Waals surface area contributed by atoms with Crippen LogP contribution >= 0.6 is 0 Å². The molecular weight excluding hydrogens is 477 g/mol. The van der Waals surface area contributed by atoms with Crippen LogP contribution in [0.25, 0.3) is 6.08 Å². The van der Waals surface area contributed by atoms with Crippen LogP contribution in [0, 0.1) is 0 Å². The van der Waals surface area contributed by atoms with E-state index in [4.69, 9.17) is 14.6 Å². The predicted octanol–water partition coefficient (Wildman–Crippen LogP) is 6.00. The first kappa shape index (κ1) is 26.7. The first-order valence-corrected chi connectivity index (χ1v) is 9.51. The maximum absolute atomic E-state index is 13.6. The minimum atomic E-state index is -6.11. The molecule has 34 heavy (non-hydrogen) atoms. The summed E-state index contributed by atoms with van der Waals surface area (Å²) in [4.78, 5) is 22.7. The second kappa shape index (κ2) is 10.6. The van der Waals surface area contributed by atoms with Gasteiger partial charge in [0.1, 0.15) is 11.5 Å². The number of carboxylic acid groups (broad SMARTS) is 1. The third-order valence-corrected chi connectivity index (χ3v) is 4.43. The van der Waals surface area contributed by atoms with E-state index in [-0.39, 0.29) is 17.1 Å². The topological polar surface area (TPSA) is 72.8 Å².